The Morgan fingerprint density at radius 3 is 1.14 bits per heavy atom. The van der Waals surface area contributed by atoms with Crippen LogP contribution in [0.2, 0.25) is 0 Å². The number of rotatable bonds is 2. The molecule has 4 rings (SSSR count). The number of nitro benzene ring substituents is 2. The number of phenolic OH excluding ortho intramolecular Hbond substituents is 2. The number of aromatic hydroxyl groups is 2. The van der Waals surface area contributed by atoms with E-state index in [1.54, 1.807) is 0 Å². The molecule has 37 heavy (non-hydrogen) atoms. The van der Waals surface area contributed by atoms with Crippen LogP contribution in [0.15, 0.2) is 82.0 Å². The average Bonchev–Trinajstić information content (AvgIpc) is 3.29. The van der Waals surface area contributed by atoms with Gasteiger partial charge in [-0.3, -0.25) is 32.4 Å². The Hall–Kier alpha value is -3.32. The fraction of sp³-hybridized carbons (Fsp3) is 0.286. The number of nitrogens with zero attached hydrogens (tertiary/aromatic N) is 2. The Morgan fingerprint density at radius 2 is 1.00 bits per heavy atom. The first kappa shape index (κ1) is 33.7. The largest absolute Gasteiger partial charge is 2.00 e. The van der Waals surface area contributed by atoms with Gasteiger partial charge in [0, 0.05) is 12.1 Å². The van der Waals surface area contributed by atoms with Crippen LogP contribution in [0.25, 0.3) is 0 Å². The molecule has 0 atom stereocenters. The number of benzene rings is 2. The summed E-state index contributed by atoms with van der Waals surface area (Å²) in [7, 11) is 0. The summed E-state index contributed by atoms with van der Waals surface area (Å²) in [5.41, 5.74) is 8.30. The molecule has 0 fully saturated rings. The van der Waals surface area contributed by atoms with Crippen LogP contribution >= 0.6 is 0 Å². The zero-order valence-electron chi connectivity index (χ0n) is 22.0. The van der Waals surface area contributed by atoms with Crippen LogP contribution in [0.1, 0.15) is 54.4 Å². The monoisotopic (exact) mass is 582 g/mol. The van der Waals surface area contributed by atoms with Gasteiger partial charge in [-0.2, -0.15) is 22.3 Å². The SMILES string of the molecule is CC1=[C-]CC(C)=C1C.CC1=[C-]CC(C)=C1C.O=[N+]([O-])c1cccc(O)c1.O=[N+]([O-])c1cccc(O)c1.[Zr+2]. The maximum atomic E-state index is 10.0. The molecule has 8 nitrogen and oxygen atoms in total. The first-order valence-corrected chi connectivity index (χ1v) is 11.2. The molecule has 0 saturated carbocycles. The van der Waals surface area contributed by atoms with Crippen LogP contribution in [-0.2, 0) is 26.2 Å². The molecule has 9 heteroatoms. The fourth-order valence-electron chi connectivity index (χ4n) is 2.91. The van der Waals surface area contributed by atoms with E-state index < -0.39 is 9.85 Å². The number of hydrogen-bond acceptors (Lipinski definition) is 6. The molecular formula is C28H32N2O6Zr. The summed E-state index contributed by atoms with van der Waals surface area (Å²) in [5.74, 6) is -0.177. The minimum atomic E-state index is -0.556. The van der Waals surface area contributed by atoms with Gasteiger partial charge in [0.1, 0.15) is 11.5 Å². The van der Waals surface area contributed by atoms with Gasteiger partial charge in [0.25, 0.3) is 11.4 Å². The minimum Gasteiger partial charge on any atom is -0.508 e. The molecule has 0 spiro atoms. The Kier molecular flexibility index (Phi) is 15.0. The fourth-order valence-corrected chi connectivity index (χ4v) is 2.91. The van der Waals surface area contributed by atoms with E-state index in [2.05, 4.69) is 53.7 Å². The standard InChI is InChI=1S/2C8H11.2C6H5NO3.Zr/c2*1-6-4-5-7(2)8(6)3;2*8-6-3-1-2-5(4-6)7(9)10;/h2*4H2,1-3H3;2*1-4,8H;/q2*-1;;;+2. The maximum absolute atomic E-state index is 10.0. The van der Waals surface area contributed by atoms with Crippen molar-refractivity contribution in [1.29, 1.82) is 0 Å². The third kappa shape index (κ3) is 12.0. The number of non-ortho nitro benzene ring substituents is 2. The van der Waals surface area contributed by atoms with Gasteiger partial charge in [-0.1, -0.05) is 39.8 Å². The summed E-state index contributed by atoms with van der Waals surface area (Å²) >= 11 is 0. The summed E-state index contributed by atoms with van der Waals surface area (Å²) in [4.78, 5) is 19.0. The molecule has 0 bridgehead atoms. The van der Waals surface area contributed by atoms with Crippen molar-refractivity contribution in [2.24, 2.45) is 0 Å². The van der Waals surface area contributed by atoms with Gasteiger partial charge in [0.15, 0.2) is 0 Å². The van der Waals surface area contributed by atoms with Crippen molar-refractivity contribution < 1.29 is 46.3 Å². The van der Waals surface area contributed by atoms with Gasteiger partial charge >= 0.3 is 26.2 Å². The molecular weight excluding hydrogens is 552 g/mol. The Labute approximate surface area is 237 Å². The van der Waals surface area contributed by atoms with Gasteiger partial charge in [0.2, 0.25) is 0 Å². The molecule has 0 unspecified atom stereocenters. The molecule has 2 aromatic rings. The van der Waals surface area contributed by atoms with Crippen molar-refractivity contribution in [2.45, 2.75) is 54.4 Å². The number of phenols is 2. The van der Waals surface area contributed by atoms with Crippen molar-refractivity contribution in [2.75, 3.05) is 0 Å². The van der Waals surface area contributed by atoms with Crippen molar-refractivity contribution >= 4 is 11.4 Å². The summed E-state index contributed by atoms with van der Waals surface area (Å²) in [6.07, 6.45) is 8.63. The number of hydrogen-bond donors (Lipinski definition) is 2. The Morgan fingerprint density at radius 1 is 0.676 bits per heavy atom. The number of nitro groups is 2. The molecule has 0 radical (unpaired) electrons. The van der Waals surface area contributed by atoms with E-state index in [9.17, 15) is 20.2 Å². The summed E-state index contributed by atoms with van der Waals surface area (Å²) in [5, 5.41) is 37.6. The van der Waals surface area contributed by atoms with Crippen molar-refractivity contribution in [3.8, 4) is 11.5 Å². The van der Waals surface area contributed by atoms with E-state index in [0.717, 1.165) is 25.0 Å². The topological polar surface area (TPSA) is 127 Å². The quantitative estimate of drug-likeness (QED) is 0.213. The summed E-state index contributed by atoms with van der Waals surface area (Å²) in [6.45, 7) is 12.9. The van der Waals surface area contributed by atoms with Gasteiger partial charge in [-0.25, -0.2) is 11.1 Å². The molecule has 0 amide bonds. The van der Waals surface area contributed by atoms with Crippen LogP contribution in [-0.4, -0.2) is 20.1 Å². The minimum absolute atomic E-state index is 0. The maximum Gasteiger partial charge on any atom is 2.00 e. The molecule has 194 valence electrons. The predicted octanol–water partition coefficient (Wildman–Crippen LogP) is 7.55. The predicted molar refractivity (Wildman–Crippen MR) is 140 cm³/mol. The van der Waals surface area contributed by atoms with E-state index in [0.29, 0.717) is 0 Å². The molecule has 0 aliphatic heterocycles. The second kappa shape index (κ2) is 16.4. The smallest absolute Gasteiger partial charge is 0.508 e. The van der Waals surface area contributed by atoms with Crippen LogP contribution in [0, 0.1) is 32.4 Å². The van der Waals surface area contributed by atoms with Gasteiger partial charge < -0.3 is 10.2 Å². The van der Waals surface area contributed by atoms with Gasteiger partial charge in [-0.05, 0) is 12.1 Å². The van der Waals surface area contributed by atoms with Crippen LogP contribution in [0.5, 0.6) is 11.5 Å². The average molecular weight is 584 g/mol. The van der Waals surface area contributed by atoms with Crippen LogP contribution in [0.4, 0.5) is 11.4 Å². The molecule has 2 aliphatic rings. The first-order chi connectivity index (χ1) is 16.8. The summed E-state index contributed by atoms with van der Waals surface area (Å²) in [6, 6.07) is 10.4. The Bertz CT molecular complexity index is 1120. The third-order valence-corrected chi connectivity index (χ3v) is 5.72. The van der Waals surface area contributed by atoms with E-state index in [4.69, 9.17) is 10.2 Å². The second-order valence-corrected chi connectivity index (χ2v) is 8.32. The molecule has 0 aromatic heterocycles. The molecule has 0 saturated heterocycles. The molecule has 2 aromatic carbocycles. The zero-order valence-corrected chi connectivity index (χ0v) is 24.4. The number of allylic oxidation sites excluding steroid dienone is 8. The van der Waals surface area contributed by atoms with Crippen molar-refractivity contribution in [3.63, 3.8) is 0 Å². The molecule has 2 N–H and O–H groups in total. The zero-order chi connectivity index (χ0) is 27.4. The normalized spacial score (nSPS) is 13.5. The van der Waals surface area contributed by atoms with Gasteiger partial charge in [-0.15, -0.1) is 26.7 Å². The third-order valence-electron chi connectivity index (χ3n) is 5.72. The van der Waals surface area contributed by atoms with E-state index in [1.807, 2.05) is 0 Å². The molecule has 0 heterocycles. The van der Waals surface area contributed by atoms with Crippen LogP contribution < -0.4 is 0 Å². The molecule has 2 aliphatic carbocycles. The van der Waals surface area contributed by atoms with E-state index in [-0.39, 0.29) is 49.1 Å². The Balaban J connectivity index is 0.000000465. The summed E-state index contributed by atoms with van der Waals surface area (Å²) < 4.78 is 0. The van der Waals surface area contributed by atoms with E-state index in [1.165, 1.54) is 69.8 Å². The van der Waals surface area contributed by atoms with Crippen LogP contribution in [0.3, 0.4) is 0 Å². The van der Waals surface area contributed by atoms with Gasteiger partial charge in [0.05, 0.1) is 22.0 Å². The second-order valence-electron chi connectivity index (χ2n) is 8.32. The first-order valence-electron chi connectivity index (χ1n) is 11.2. The van der Waals surface area contributed by atoms with E-state index >= 15 is 0 Å². The van der Waals surface area contributed by atoms with Crippen molar-refractivity contribution in [3.05, 3.63) is 114 Å². The van der Waals surface area contributed by atoms with Crippen molar-refractivity contribution in [1.82, 2.24) is 0 Å².